The molecule has 0 saturated carbocycles. The van der Waals surface area contributed by atoms with E-state index in [0.29, 0.717) is 12.5 Å². The van der Waals surface area contributed by atoms with Crippen LogP contribution in [0.3, 0.4) is 0 Å². The summed E-state index contributed by atoms with van der Waals surface area (Å²) in [5, 5.41) is 13.6. The molecule has 0 aliphatic heterocycles. The molecule has 2 atom stereocenters. The Bertz CT molecular complexity index is 537. The van der Waals surface area contributed by atoms with Gasteiger partial charge in [-0.2, -0.15) is 0 Å². The highest BCUT2D eigenvalue weighted by Gasteiger charge is 2.11. The van der Waals surface area contributed by atoms with Gasteiger partial charge in [0.1, 0.15) is 0 Å². The van der Waals surface area contributed by atoms with Gasteiger partial charge in [-0.3, -0.25) is 4.98 Å². The molecule has 0 aliphatic carbocycles. The topological polar surface area (TPSA) is 45.1 Å². The fourth-order valence-corrected chi connectivity index (χ4v) is 2.26. The number of rotatable bonds is 6. The van der Waals surface area contributed by atoms with Gasteiger partial charge in [0.05, 0.1) is 6.10 Å². The molecule has 0 saturated heterocycles. The molecule has 3 nitrogen and oxygen atoms in total. The van der Waals surface area contributed by atoms with Crippen LogP contribution in [0.4, 0.5) is 0 Å². The maximum atomic E-state index is 10.3. The van der Waals surface area contributed by atoms with E-state index in [2.05, 4.69) is 43.2 Å². The zero-order chi connectivity index (χ0) is 15.2. The molecule has 0 fully saturated rings. The first kappa shape index (κ1) is 15.7. The molecule has 2 N–H and O–H groups in total. The van der Waals surface area contributed by atoms with Crippen LogP contribution in [-0.2, 0) is 0 Å². The second-order valence-electron chi connectivity index (χ2n) is 5.75. The third-order valence-corrected chi connectivity index (χ3v) is 3.79. The lowest BCUT2D eigenvalue weighted by atomic mass is 10.00. The number of aliphatic hydroxyl groups excluding tert-OH is 1. The third-order valence-electron chi connectivity index (χ3n) is 3.79. The molecule has 0 spiro atoms. The van der Waals surface area contributed by atoms with Gasteiger partial charge in [-0.25, -0.2) is 0 Å². The van der Waals surface area contributed by atoms with Crippen molar-refractivity contribution in [3.8, 4) is 0 Å². The third kappa shape index (κ3) is 4.38. The van der Waals surface area contributed by atoms with Crippen molar-refractivity contribution < 1.29 is 5.11 Å². The predicted octanol–water partition coefficient (Wildman–Crippen LogP) is 3.59. The number of nitrogens with one attached hydrogen (secondary N) is 1. The van der Waals surface area contributed by atoms with Crippen LogP contribution >= 0.6 is 0 Å². The molecule has 1 heterocycles. The Morgan fingerprint density at radius 2 is 1.67 bits per heavy atom. The second-order valence-corrected chi connectivity index (χ2v) is 5.75. The Labute approximate surface area is 127 Å². The highest BCUT2D eigenvalue weighted by atomic mass is 16.3. The Hall–Kier alpha value is -1.71. The summed E-state index contributed by atoms with van der Waals surface area (Å²) in [5.41, 5.74) is 3.37. The van der Waals surface area contributed by atoms with Crippen LogP contribution in [0, 0.1) is 0 Å². The average molecular weight is 284 g/mol. The van der Waals surface area contributed by atoms with Crippen molar-refractivity contribution in [2.75, 3.05) is 6.54 Å². The van der Waals surface area contributed by atoms with Gasteiger partial charge in [0.25, 0.3) is 0 Å². The summed E-state index contributed by atoms with van der Waals surface area (Å²) in [5.74, 6) is 0.514. The van der Waals surface area contributed by atoms with Gasteiger partial charge in [0, 0.05) is 25.0 Å². The van der Waals surface area contributed by atoms with E-state index in [9.17, 15) is 5.11 Å². The number of pyridine rings is 1. The van der Waals surface area contributed by atoms with Crippen LogP contribution in [0.25, 0.3) is 0 Å². The number of benzene rings is 1. The number of nitrogens with zero attached hydrogens (tertiary/aromatic N) is 1. The van der Waals surface area contributed by atoms with Crippen molar-refractivity contribution in [1.82, 2.24) is 10.3 Å². The van der Waals surface area contributed by atoms with Gasteiger partial charge in [0.15, 0.2) is 0 Å². The SMILES string of the molecule is CC(C)c1ccc(C(O)CNC(C)c2cccnc2)cc1. The van der Waals surface area contributed by atoms with Gasteiger partial charge in [0.2, 0.25) is 0 Å². The lowest BCUT2D eigenvalue weighted by Crippen LogP contribution is -2.24. The van der Waals surface area contributed by atoms with Gasteiger partial charge in [-0.15, -0.1) is 0 Å². The summed E-state index contributed by atoms with van der Waals surface area (Å²) in [6.07, 6.45) is 3.12. The standard InChI is InChI=1S/C18H24N2O/c1-13(2)15-6-8-16(9-7-15)18(21)12-20-14(3)17-5-4-10-19-11-17/h4-11,13-14,18,20-21H,12H2,1-3H3. The smallest absolute Gasteiger partial charge is 0.0914 e. The number of aliphatic hydroxyl groups is 1. The average Bonchev–Trinajstić information content (AvgIpc) is 2.53. The maximum Gasteiger partial charge on any atom is 0.0914 e. The lowest BCUT2D eigenvalue weighted by molar-refractivity contribution is 0.170. The molecule has 0 radical (unpaired) electrons. The molecule has 2 rings (SSSR count). The molecule has 1 aromatic carbocycles. The molecule has 21 heavy (non-hydrogen) atoms. The first-order valence-electron chi connectivity index (χ1n) is 7.49. The largest absolute Gasteiger partial charge is 0.387 e. The summed E-state index contributed by atoms with van der Waals surface area (Å²) >= 11 is 0. The van der Waals surface area contributed by atoms with Gasteiger partial charge >= 0.3 is 0 Å². The normalized spacial score (nSPS) is 14.1. The molecule has 0 bridgehead atoms. The highest BCUT2D eigenvalue weighted by molar-refractivity contribution is 5.26. The van der Waals surface area contributed by atoms with E-state index < -0.39 is 6.10 Å². The predicted molar refractivity (Wildman–Crippen MR) is 86.1 cm³/mol. The molecule has 1 aromatic heterocycles. The van der Waals surface area contributed by atoms with Crippen molar-refractivity contribution in [2.45, 2.75) is 38.8 Å². The van der Waals surface area contributed by atoms with Crippen molar-refractivity contribution >= 4 is 0 Å². The molecule has 2 unspecified atom stereocenters. The van der Waals surface area contributed by atoms with Crippen LogP contribution in [0.5, 0.6) is 0 Å². The van der Waals surface area contributed by atoms with Crippen LogP contribution in [-0.4, -0.2) is 16.6 Å². The first-order chi connectivity index (χ1) is 10.1. The fourth-order valence-electron chi connectivity index (χ4n) is 2.26. The minimum atomic E-state index is -0.495. The van der Waals surface area contributed by atoms with Crippen LogP contribution in [0.1, 0.15) is 55.5 Å². The Morgan fingerprint density at radius 1 is 1.00 bits per heavy atom. The van der Waals surface area contributed by atoms with Crippen molar-refractivity contribution in [3.05, 3.63) is 65.5 Å². The van der Waals surface area contributed by atoms with Gasteiger partial charge in [-0.05, 0) is 35.6 Å². The zero-order valence-corrected chi connectivity index (χ0v) is 13.0. The molecule has 3 heteroatoms. The number of hydrogen-bond acceptors (Lipinski definition) is 3. The lowest BCUT2D eigenvalue weighted by Gasteiger charge is -2.18. The monoisotopic (exact) mass is 284 g/mol. The minimum Gasteiger partial charge on any atom is -0.387 e. The van der Waals surface area contributed by atoms with Gasteiger partial charge in [-0.1, -0.05) is 44.2 Å². The van der Waals surface area contributed by atoms with Crippen LogP contribution in [0.15, 0.2) is 48.8 Å². The molecular weight excluding hydrogens is 260 g/mol. The molecule has 0 amide bonds. The van der Waals surface area contributed by atoms with E-state index in [0.717, 1.165) is 11.1 Å². The van der Waals surface area contributed by atoms with E-state index >= 15 is 0 Å². The minimum absolute atomic E-state index is 0.170. The zero-order valence-electron chi connectivity index (χ0n) is 13.0. The fraction of sp³-hybridized carbons (Fsp3) is 0.389. The highest BCUT2D eigenvalue weighted by Crippen LogP contribution is 2.19. The van der Waals surface area contributed by atoms with E-state index in [1.165, 1.54) is 5.56 Å². The van der Waals surface area contributed by atoms with Crippen molar-refractivity contribution in [2.24, 2.45) is 0 Å². The Kier molecular flexibility index (Phi) is 5.48. The summed E-state index contributed by atoms with van der Waals surface area (Å²) in [6, 6.07) is 12.3. The first-order valence-corrected chi connectivity index (χ1v) is 7.49. The van der Waals surface area contributed by atoms with E-state index in [1.54, 1.807) is 6.20 Å². The summed E-state index contributed by atoms with van der Waals surface area (Å²) < 4.78 is 0. The van der Waals surface area contributed by atoms with Crippen LogP contribution < -0.4 is 5.32 Å². The van der Waals surface area contributed by atoms with E-state index in [-0.39, 0.29) is 6.04 Å². The van der Waals surface area contributed by atoms with Gasteiger partial charge < -0.3 is 10.4 Å². The summed E-state index contributed by atoms with van der Waals surface area (Å²) in [6.45, 7) is 6.94. The molecule has 0 aliphatic rings. The van der Waals surface area contributed by atoms with Crippen molar-refractivity contribution in [3.63, 3.8) is 0 Å². The summed E-state index contributed by atoms with van der Waals surface area (Å²) in [7, 11) is 0. The second kappa shape index (κ2) is 7.34. The van der Waals surface area contributed by atoms with E-state index in [1.807, 2.05) is 30.5 Å². The molecular formula is C18H24N2O. The van der Waals surface area contributed by atoms with E-state index in [4.69, 9.17) is 0 Å². The Balaban J connectivity index is 1.91. The quantitative estimate of drug-likeness (QED) is 0.852. The van der Waals surface area contributed by atoms with Crippen molar-refractivity contribution in [1.29, 1.82) is 0 Å². The number of hydrogen-bond donors (Lipinski definition) is 2. The maximum absolute atomic E-state index is 10.3. The number of aromatic nitrogens is 1. The Morgan fingerprint density at radius 3 is 2.24 bits per heavy atom. The summed E-state index contributed by atoms with van der Waals surface area (Å²) in [4.78, 5) is 4.11. The molecule has 112 valence electrons. The molecule has 2 aromatic rings. The van der Waals surface area contributed by atoms with Crippen LogP contribution in [0.2, 0.25) is 0 Å².